The Morgan fingerprint density at radius 1 is 0.688 bits per heavy atom. The van der Waals surface area contributed by atoms with Crippen molar-refractivity contribution in [2.45, 2.75) is 185 Å². The molecule has 9 heteroatoms. The molecule has 360 valence electrons. The second-order valence-corrected chi connectivity index (χ2v) is 25.7. The molecule has 0 radical (unpaired) electrons. The summed E-state index contributed by atoms with van der Waals surface area (Å²) in [6.07, 6.45) is 13.5. The van der Waals surface area contributed by atoms with E-state index >= 15 is 4.79 Å². The van der Waals surface area contributed by atoms with Gasteiger partial charge in [0.2, 0.25) is 11.8 Å². The summed E-state index contributed by atoms with van der Waals surface area (Å²) in [5.41, 5.74) is 0.280. The summed E-state index contributed by atoms with van der Waals surface area (Å²) in [5, 5.41) is 3.68. The first-order valence-electron chi connectivity index (χ1n) is 26.3. The number of allylic oxidation sites excluding steroid dienone is 1. The number of rotatable bonds is 11. The van der Waals surface area contributed by atoms with Crippen LogP contribution in [0.25, 0.3) is 0 Å². The molecule has 1 saturated heterocycles. The molecule has 7 aliphatic carbocycles. The quantitative estimate of drug-likeness (QED) is 0.125. The van der Waals surface area contributed by atoms with Crippen molar-refractivity contribution in [1.82, 2.24) is 15.1 Å². The zero-order valence-electron chi connectivity index (χ0n) is 42.5. The number of carbonyl (C=O) groups excluding carboxylic acids is 4. The number of unbranched alkanes of at least 4 members (excludes halogenated alkanes) is 1. The Labute approximate surface area is 388 Å². The average molecular weight is 888 g/mol. The van der Waals surface area contributed by atoms with Crippen LogP contribution in [0.1, 0.15) is 173 Å². The SMILES string of the molecule is C=C(C)[C@@H]1CC[C@]2(C(=O)N[C@H]3C[C@@H](C(=O)N4CCN(CC)CC4)C3(C)C)CC[C@]3(C)[C@H](CC[C@@H]4[C@@]5(C)CC[C@H](OC(=O)[C@H]6C[C@@H](C(=O)OCCCC)C6(C)C)C(C)(C)[C@@H]5CC[C@]43C)C12. The highest BCUT2D eigenvalue weighted by molar-refractivity contribution is 5.86. The summed E-state index contributed by atoms with van der Waals surface area (Å²) in [5.74, 6) is 1.71. The molecule has 1 heterocycles. The van der Waals surface area contributed by atoms with Crippen molar-refractivity contribution in [3.05, 3.63) is 12.2 Å². The van der Waals surface area contributed by atoms with E-state index in [0.717, 1.165) is 110 Å². The number of likely N-dealkylation sites (N-methyl/N-ethyl adjacent to an activating group) is 1. The lowest BCUT2D eigenvalue weighted by molar-refractivity contribution is -0.251. The number of esters is 2. The summed E-state index contributed by atoms with van der Waals surface area (Å²) in [6, 6.07) is 0.00979. The van der Waals surface area contributed by atoms with Gasteiger partial charge in [-0.05, 0) is 154 Å². The Morgan fingerprint density at radius 3 is 2.00 bits per heavy atom. The zero-order valence-corrected chi connectivity index (χ0v) is 42.5. The molecule has 0 aromatic carbocycles. The van der Waals surface area contributed by atoms with Crippen LogP contribution in [0.15, 0.2) is 12.2 Å². The highest BCUT2D eigenvalue weighted by Crippen LogP contribution is 2.78. The number of hydrogen-bond donors (Lipinski definition) is 1. The van der Waals surface area contributed by atoms with Crippen LogP contribution in [0, 0.1) is 85.2 Å². The molecule has 0 bridgehead atoms. The summed E-state index contributed by atoms with van der Waals surface area (Å²) < 4.78 is 12.2. The van der Waals surface area contributed by atoms with Crippen molar-refractivity contribution in [1.29, 1.82) is 0 Å². The van der Waals surface area contributed by atoms with Crippen LogP contribution in [0.2, 0.25) is 0 Å². The van der Waals surface area contributed by atoms with Gasteiger partial charge in [0.15, 0.2) is 0 Å². The monoisotopic (exact) mass is 888 g/mol. The number of piperazine rings is 1. The van der Waals surface area contributed by atoms with E-state index in [1.54, 1.807) is 0 Å². The van der Waals surface area contributed by atoms with Gasteiger partial charge in [-0.3, -0.25) is 19.2 Å². The molecule has 8 rings (SSSR count). The predicted octanol–water partition coefficient (Wildman–Crippen LogP) is 10.3. The van der Waals surface area contributed by atoms with Crippen molar-refractivity contribution in [3.63, 3.8) is 0 Å². The van der Waals surface area contributed by atoms with Crippen molar-refractivity contribution in [3.8, 4) is 0 Å². The van der Waals surface area contributed by atoms with Crippen LogP contribution in [0.5, 0.6) is 0 Å². The fourth-order valence-electron chi connectivity index (χ4n) is 17.5. The summed E-state index contributed by atoms with van der Waals surface area (Å²) in [4.78, 5) is 60.4. The average Bonchev–Trinajstić information content (AvgIpc) is 3.64. The maximum Gasteiger partial charge on any atom is 0.309 e. The first kappa shape index (κ1) is 48.1. The minimum atomic E-state index is -0.476. The lowest BCUT2D eigenvalue weighted by Crippen LogP contribution is -2.69. The molecule has 8 fully saturated rings. The lowest BCUT2D eigenvalue weighted by Gasteiger charge is -2.73. The molecule has 7 saturated carbocycles. The normalized spacial score (nSPS) is 44.0. The van der Waals surface area contributed by atoms with Crippen molar-refractivity contribution < 1.29 is 28.7 Å². The van der Waals surface area contributed by atoms with E-state index in [1.165, 1.54) is 12.0 Å². The smallest absolute Gasteiger partial charge is 0.309 e. The Bertz CT molecular complexity index is 1850. The van der Waals surface area contributed by atoms with Crippen LogP contribution in [0.3, 0.4) is 0 Å². The van der Waals surface area contributed by atoms with E-state index < -0.39 is 10.8 Å². The molecule has 0 aromatic heterocycles. The van der Waals surface area contributed by atoms with Gasteiger partial charge in [0.25, 0.3) is 0 Å². The Kier molecular flexibility index (Phi) is 12.5. The third kappa shape index (κ3) is 7.11. The first-order valence-corrected chi connectivity index (χ1v) is 26.3. The number of nitrogens with zero attached hydrogens (tertiary/aromatic N) is 2. The predicted molar refractivity (Wildman–Crippen MR) is 253 cm³/mol. The zero-order chi connectivity index (χ0) is 46.6. The molecule has 14 atom stereocenters. The molecule has 64 heavy (non-hydrogen) atoms. The topological polar surface area (TPSA) is 105 Å². The maximum atomic E-state index is 15.2. The third-order valence-corrected chi connectivity index (χ3v) is 22.3. The van der Waals surface area contributed by atoms with E-state index in [0.29, 0.717) is 36.7 Å². The maximum absolute atomic E-state index is 15.2. The van der Waals surface area contributed by atoms with Gasteiger partial charge in [-0.2, -0.15) is 0 Å². The first-order chi connectivity index (χ1) is 30.0. The van der Waals surface area contributed by atoms with E-state index in [4.69, 9.17) is 9.47 Å². The van der Waals surface area contributed by atoms with E-state index in [9.17, 15) is 14.4 Å². The van der Waals surface area contributed by atoms with Crippen LogP contribution in [-0.2, 0) is 28.7 Å². The number of nitrogens with one attached hydrogen (secondary N) is 1. The van der Waals surface area contributed by atoms with Gasteiger partial charge in [0.1, 0.15) is 6.10 Å². The molecule has 9 nitrogen and oxygen atoms in total. The van der Waals surface area contributed by atoms with E-state index in [1.807, 2.05) is 13.8 Å². The summed E-state index contributed by atoms with van der Waals surface area (Å²) in [6.45, 7) is 37.2. The molecule has 0 aromatic rings. The van der Waals surface area contributed by atoms with Gasteiger partial charge in [-0.1, -0.05) is 94.7 Å². The number of hydrogen-bond acceptors (Lipinski definition) is 7. The van der Waals surface area contributed by atoms with Crippen LogP contribution < -0.4 is 5.32 Å². The van der Waals surface area contributed by atoms with Gasteiger partial charge in [-0.25, -0.2) is 0 Å². The van der Waals surface area contributed by atoms with Gasteiger partial charge in [0.05, 0.1) is 23.9 Å². The van der Waals surface area contributed by atoms with E-state index in [2.05, 4.69) is 90.9 Å². The molecular formula is C55H89N3O6. The van der Waals surface area contributed by atoms with Gasteiger partial charge in [0, 0.05) is 43.6 Å². The molecule has 1 aliphatic heterocycles. The Hall–Kier alpha value is -2.42. The standard InChI is InChI=1S/C55H89N3O6/c1-14-16-31-63-46(60)38-32-39(49(38,5)6)47(61)64-43-21-22-52(11)40(51(43,9)10)20-23-54(13)41(52)18-17-36-44-35(34(3)4)19-24-55(44,26-25-53(36,54)12)48(62)56-42-33-37(50(42,7)8)45(59)58-29-27-57(15-2)28-30-58/h35-44H,3,14-33H2,1-2,4-13H3,(H,56,62)/t35-,36+,37-,38-,39+,40-,41+,42-,43-,44?,52-,53+,54+,55-/m0/s1. The molecular weight excluding hydrogens is 799 g/mol. The van der Waals surface area contributed by atoms with Crippen LogP contribution in [0.4, 0.5) is 0 Å². The second kappa shape index (κ2) is 16.7. The van der Waals surface area contributed by atoms with Gasteiger partial charge < -0.3 is 24.6 Å². The number of amides is 2. The summed E-state index contributed by atoms with van der Waals surface area (Å²) in [7, 11) is 0. The molecule has 1 N–H and O–H groups in total. The highest BCUT2D eigenvalue weighted by Gasteiger charge is 2.72. The number of carbonyl (C=O) groups is 4. The number of ether oxygens (including phenoxy) is 2. The Balaban J connectivity index is 0.957. The largest absolute Gasteiger partial charge is 0.465 e. The number of fused-ring (bicyclic) bond motifs is 7. The molecule has 8 aliphatic rings. The minimum absolute atomic E-state index is 0.00979. The van der Waals surface area contributed by atoms with Crippen molar-refractivity contribution >= 4 is 23.8 Å². The molecule has 2 amide bonds. The highest BCUT2D eigenvalue weighted by atomic mass is 16.5. The third-order valence-electron chi connectivity index (χ3n) is 22.3. The fraction of sp³-hybridized carbons (Fsp3) is 0.891. The van der Waals surface area contributed by atoms with Crippen molar-refractivity contribution in [2.75, 3.05) is 39.3 Å². The fourth-order valence-corrected chi connectivity index (χ4v) is 17.5. The minimum Gasteiger partial charge on any atom is -0.465 e. The molecule has 0 spiro atoms. The van der Waals surface area contributed by atoms with Crippen LogP contribution >= 0.6 is 0 Å². The van der Waals surface area contributed by atoms with Gasteiger partial charge in [-0.15, -0.1) is 0 Å². The summed E-state index contributed by atoms with van der Waals surface area (Å²) >= 11 is 0. The second-order valence-electron chi connectivity index (χ2n) is 25.7. The molecule has 1 unspecified atom stereocenters. The van der Waals surface area contributed by atoms with E-state index in [-0.39, 0.29) is 86.6 Å². The van der Waals surface area contributed by atoms with Crippen LogP contribution in [-0.4, -0.2) is 85.0 Å². The lowest BCUT2D eigenvalue weighted by atomic mass is 9.32. The Morgan fingerprint density at radius 2 is 1.38 bits per heavy atom. The van der Waals surface area contributed by atoms with Gasteiger partial charge >= 0.3 is 11.9 Å². The van der Waals surface area contributed by atoms with Crippen molar-refractivity contribution in [2.24, 2.45) is 85.2 Å².